The van der Waals surface area contributed by atoms with Crippen molar-refractivity contribution < 1.29 is 4.79 Å². The first-order valence-corrected chi connectivity index (χ1v) is 7.81. The Morgan fingerprint density at radius 2 is 2.00 bits per heavy atom. The van der Waals surface area contributed by atoms with Crippen molar-refractivity contribution in [3.63, 3.8) is 0 Å². The molecule has 6 heteroatoms. The molecule has 0 saturated carbocycles. The monoisotopic (exact) mass is 307 g/mol. The minimum Gasteiger partial charge on any atom is -0.308 e. The molecule has 0 radical (unpaired) electrons. The molecule has 1 amide bonds. The van der Waals surface area contributed by atoms with Crippen molar-refractivity contribution in [1.82, 2.24) is 14.8 Å². The summed E-state index contributed by atoms with van der Waals surface area (Å²) in [7, 11) is 0. The standard InChI is InChI=1S/C17H17N5O/c18-12-20-5-6-21-7-8-22(17(23)16(21)11-20)14-9-13-3-1-2-4-15(13)19-10-14/h1-4,9-10,16H,5-8,11H2/t16-/m1/s1. The van der Waals surface area contributed by atoms with Gasteiger partial charge in [0, 0.05) is 31.6 Å². The first-order chi connectivity index (χ1) is 11.3. The number of aromatic nitrogens is 1. The van der Waals surface area contributed by atoms with Crippen molar-refractivity contribution in [2.75, 3.05) is 37.6 Å². The molecule has 23 heavy (non-hydrogen) atoms. The van der Waals surface area contributed by atoms with Crippen LogP contribution in [0.15, 0.2) is 36.5 Å². The lowest BCUT2D eigenvalue weighted by Crippen LogP contribution is -2.64. The number of piperazine rings is 2. The van der Waals surface area contributed by atoms with Gasteiger partial charge in [-0.1, -0.05) is 18.2 Å². The molecule has 2 aliphatic heterocycles. The van der Waals surface area contributed by atoms with E-state index in [-0.39, 0.29) is 11.9 Å². The Hall–Kier alpha value is -2.65. The molecule has 1 aromatic heterocycles. The largest absolute Gasteiger partial charge is 0.308 e. The number of nitriles is 1. The van der Waals surface area contributed by atoms with E-state index in [2.05, 4.69) is 16.1 Å². The number of rotatable bonds is 1. The summed E-state index contributed by atoms with van der Waals surface area (Å²) in [6, 6.07) is 9.68. The van der Waals surface area contributed by atoms with E-state index in [9.17, 15) is 4.79 Å². The van der Waals surface area contributed by atoms with Crippen molar-refractivity contribution in [2.24, 2.45) is 0 Å². The number of nitrogens with zero attached hydrogens (tertiary/aromatic N) is 5. The maximum Gasteiger partial charge on any atom is 0.246 e. The molecule has 0 N–H and O–H groups in total. The average Bonchev–Trinajstić information content (AvgIpc) is 2.61. The molecule has 3 heterocycles. The van der Waals surface area contributed by atoms with Gasteiger partial charge in [-0.15, -0.1) is 0 Å². The Kier molecular flexibility index (Phi) is 3.36. The summed E-state index contributed by atoms with van der Waals surface area (Å²) in [5.74, 6) is 0.0632. The third-order valence-corrected chi connectivity index (χ3v) is 4.68. The topological polar surface area (TPSA) is 63.5 Å². The lowest BCUT2D eigenvalue weighted by atomic mass is 10.1. The van der Waals surface area contributed by atoms with Gasteiger partial charge in [0.2, 0.25) is 5.91 Å². The molecule has 6 nitrogen and oxygen atoms in total. The number of benzene rings is 1. The van der Waals surface area contributed by atoms with Crippen molar-refractivity contribution in [3.05, 3.63) is 36.5 Å². The second-order valence-corrected chi connectivity index (χ2v) is 5.97. The van der Waals surface area contributed by atoms with Gasteiger partial charge in [0.25, 0.3) is 0 Å². The van der Waals surface area contributed by atoms with E-state index in [4.69, 9.17) is 5.26 Å². The molecule has 4 rings (SSSR count). The highest BCUT2D eigenvalue weighted by Gasteiger charge is 2.39. The number of hydrogen-bond acceptors (Lipinski definition) is 5. The Labute approximate surface area is 134 Å². The summed E-state index contributed by atoms with van der Waals surface area (Å²) in [4.78, 5) is 23.0. The lowest BCUT2D eigenvalue weighted by molar-refractivity contribution is -0.127. The molecule has 2 aromatic rings. The predicted octanol–water partition coefficient (Wildman–Crippen LogP) is 1.05. The van der Waals surface area contributed by atoms with Crippen LogP contribution in [-0.2, 0) is 4.79 Å². The molecule has 2 fully saturated rings. The molecule has 2 saturated heterocycles. The smallest absolute Gasteiger partial charge is 0.246 e. The predicted molar refractivity (Wildman–Crippen MR) is 86.6 cm³/mol. The highest BCUT2D eigenvalue weighted by atomic mass is 16.2. The van der Waals surface area contributed by atoms with E-state index in [1.807, 2.05) is 35.2 Å². The van der Waals surface area contributed by atoms with Crippen LogP contribution in [0.3, 0.4) is 0 Å². The van der Waals surface area contributed by atoms with Gasteiger partial charge < -0.3 is 9.80 Å². The van der Waals surface area contributed by atoms with Gasteiger partial charge in [0.15, 0.2) is 6.19 Å². The van der Waals surface area contributed by atoms with Crippen LogP contribution in [0.5, 0.6) is 0 Å². The molecule has 1 aromatic carbocycles. The third-order valence-electron chi connectivity index (χ3n) is 4.68. The van der Waals surface area contributed by atoms with Crippen LogP contribution in [-0.4, -0.2) is 59.5 Å². The number of amides is 1. The van der Waals surface area contributed by atoms with Crippen LogP contribution >= 0.6 is 0 Å². The summed E-state index contributed by atoms with van der Waals surface area (Å²) in [5.41, 5.74) is 1.76. The third kappa shape index (κ3) is 2.39. The van der Waals surface area contributed by atoms with Gasteiger partial charge in [0.1, 0.15) is 6.04 Å². The maximum atomic E-state index is 12.9. The summed E-state index contributed by atoms with van der Waals surface area (Å²) >= 11 is 0. The van der Waals surface area contributed by atoms with Crippen molar-refractivity contribution >= 4 is 22.5 Å². The molecule has 1 atom stereocenters. The highest BCUT2D eigenvalue weighted by molar-refractivity contribution is 5.99. The van der Waals surface area contributed by atoms with Gasteiger partial charge >= 0.3 is 0 Å². The number of pyridine rings is 1. The zero-order valence-electron chi connectivity index (χ0n) is 12.7. The van der Waals surface area contributed by atoms with Crippen LogP contribution in [0.2, 0.25) is 0 Å². The van der Waals surface area contributed by atoms with E-state index in [0.717, 1.165) is 29.7 Å². The number of para-hydroxylation sites is 1. The van der Waals surface area contributed by atoms with Gasteiger partial charge in [-0.05, 0) is 12.1 Å². The first kappa shape index (κ1) is 14.0. The molecule has 2 aliphatic rings. The van der Waals surface area contributed by atoms with Crippen LogP contribution in [0.25, 0.3) is 10.9 Å². The molecule has 0 aliphatic carbocycles. The second-order valence-electron chi connectivity index (χ2n) is 5.97. The maximum absolute atomic E-state index is 12.9. The van der Waals surface area contributed by atoms with Gasteiger partial charge in [-0.25, -0.2) is 0 Å². The zero-order chi connectivity index (χ0) is 15.8. The minimum atomic E-state index is -0.233. The molecular formula is C17H17N5O. The second kappa shape index (κ2) is 5.52. The minimum absolute atomic E-state index is 0.0632. The number of fused-ring (bicyclic) bond motifs is 2. The van der Waals surface area contributed by atoms with Crippen molar-refractivity contribution in [1.29, 1.82) is 5.26 Å². The normalized spacial score (nSPS) is 22.0. The van der Waals surface area contributed by atoms with Gasteiger partial charge in [0.05, 0.1) is 23.9 Å². The van der Waals surface area contributed by atoms with E-state index < -0.39 is 0 Å². The molecule has 0 spiro atoms. The van der Waals surface area contributed by atoms with Crippen LogP contribution in [0, 0.1) is 11.5 Å². The Morgan fingerprint density at radius 3 is 2.87 bits per heavy atom. The van der Waals surface area contributed by atoms with Crippen LogP contribution in [0.1, 0.15) is 0 Å². The molecule has 0 bridgehead atoms. The summed E-state index contributed by atoms with van der Waals surface area (Å²) in [6.45, 7) is 3.46. The van der Waals surface area contributed by atoms with E-state index in [1.54, 1.807) is 11.1 Å². The summed E-state index contributed by atoms with van der Waals surface area (Å²) in [5, 5.41) is 10.1. The Balaban J connectivity index is 1.63. The van der Waals surface area contributed by atoms with Gasteiger partial charge in [-0.2, -0.15) is 5.26 Å². The zero-order valence-corrected chi connectivity index (χ0v) is 12.7. The Bertz CT molecular complexity index is 799. The molecular weight excluding hydrogens is 290 g/mol. The Morgan fingerprint density at radius 1 is 1.17 bits per heavy atom. The average molecular weight is 307 g/mol. The fourth-order valence-electron chi connectivity index (χ4n) is 3.40. The van der Waals surface area contributed by atoms with E-state index in [1.165, 1.54) is 0 Å². The fraction of sp³-hybridized carbons (Fsp3) is 0.353. The van der Waals surface area contributed by atoms with E-state index >= 15 is 0 Å². The fourth-order valence-corrected chi connectivity index (χ4v) is 3.40. The van der Waals surface area contributed by atoms with Crippen LogP contribution < -0.4 is 4.90 Å². The molecule has 0 unspecified atom stereocenters. The first-order valence-electron chi connectivity index (χ1n) is 7.81. The van der Waals surface area contributed by atoms with E-state index in [0.29, 0.717) is 19.6 Å². The number of anilines is 1. The highest BCUT2D eigenvalue weighted by Crippen LogP contribution is 2.25. The van der Waals surface area contributed by atoms with Gasteiger partial charge in [-0.3, -0.25) is 14.7 Å². The molecule has 116 valence electrons. The number of hydrogen-bond donors (Lipinski definition) is 0. The quantitative estimate of drug-likeness (QED) is 0.737. The SMILES string of the molecule is N#CN1CCN2CCN(c3cnc4ccccc4c3)C(=O)[C@H]2C1. The summed E-state index contributed by atoms with van der Waals surface area (Å²) < 4.78 is 0. The lowest BCUT2D eigenvalue weighted by Gasteiger charge is -2.44. The van der Waals surface area contributed by atoms with Crippen LogP contribution in [0.4, 0.5) is 5.69 Å². The van der Waals surface area contributed by atoms with Crippen molar-refractivity contribution in [2.45, 2.75) is 6.04 Å². The number of carbonyl (C=O) groups is 1. The van der Waals surface area contributed by atoms with Crippen molar-refractivity contribution in [3.8, 4) is 6.19 Å². The number of carbonyl (C=O) groups excluding carboxylic acids is 1. The summed E-state index contributed by atoms with van der Waals surface area (Å²) in [6.07, 6.45) is 3.92.